The molecule has 0 saturated carbocycles. The zero-order valence-electron chi connectivity index (χ0n) is 10.6. The highest BCUT2D eigenvalue weighted by Gasteiger charge is 2.22. The molecule has 0 bridgehead atoms. The van der Waals surface area contributed by atoms with E-state index in [1.807, 2.05) is 0 Å². The number of aliphatic hydroxyl groups is 1. The second-order valence-electron chi connectivity index (χ2n) is 4.32. The van der Waals surface area contributed by atoms with Gasteiger partial charge in [0.15, 0.2) is 0 Å². The molecule has 0 heterocycles. The Kier molecular flexibility index (Phi) is 4.38. The van der Waals surface area contributed by atoms with Crippen molar-refractivity contribution in [2.45, 2.75) is 19.4 Å². The second-order valence-corrected chi connectivity index (χ2v) is 4.32. The zero-order valence-corrected chi connectivity index (χ0v) is 10.6. The van der Waals surface area contributed by atoms with Gasteiger partial charge >= 0.3 is 0 Å². The fraction of sp³-hybridized carbons (Fsp3) is 0.417. The first-order chi connectivity index (χ1) is 8.32. The number of aliphatic hydroxyl groups excluding tert-OH is 1. The van der Waals surface area contributed by atoms with Crippen LogP contribution in [0.2, 0.25) is 0 Å². The van der Waals surface area contributed by atoms with Crippen LogP contribution in [-0.4, -0.2) is 29.9 Å². The van der Waals surface area contributed by atoms with E-state index < -0.39 is 11.0 Å². The number of nitrogens with zero attached hydrogens (tertiary/aromatic N) is 2. The number of anilines is 1. The van der Waals surface area contributed by atoms with E-state index in [-0.39, 0.29) is 23.5 Å². The Morgan fingerprint density at radius 2 is 2.11 bits per heavy atom. The Morgan fingerprint density at radius 1 is 1.50 bits per heavy atom. The van der Waals surface area contributed by atoms with Crippen molar-refractivity contribution in [1.82, 2.24) is 0 Å². The molecule has 1 aromatic rings. The van der Waals surface area contributed by atoms with Crippen LogP contribution in [0.1, 0.15) is 25.0 Å². The van der Waals surface area contributed by atoms with Gasteiger partial charge < -0.3 is 10.0 Å². The van der Waals surface area contributed by atoms with Crippen molar-refractivity contribution in [3.05, 3.63) is 33.9 Å². The number of rotatable bonds is 5. The standard InChI is InChI=1S/C12H16N2O4/c1-8(15)6-12(16)10-5-4-9(13(2)3)7-11(10)14(17)18/h4-5,7,12,16H,6H2,1-3H3/t12-/m1/s1. The van der Waals surface area contributed by atoms with Gasteiger partial charge in [-0.15, -0.1) is 0 Å². The van der Waals surface area contributed by atoms with Crippen LogP contribution in [0, 0.1) is 10.1 Å². The molecule has 18 heavy (non-hydrogen) atoms. The Labute approximate surface area is 105 Å². The molecule has 98 valence electrons. The molecule has 0 spiro atoms. The molecule has 0 saturated heterocycles. The summed E-state index contributed by atoms with van der Waals surface area (Å²) in [5, 5.41) is 20.8. The van der Waals surface area contributed by atoms with Crippen LogP contribution >= 0.6 is 0 Å². The Balaban J connectivity index is 3.19. The summed E-state index contributed by atoms with van der Waals surface area (Å²) >= 11 is 0. The van der Waals surface area contributed by atoms with Crippen molar-refractivity contribution in [2.24, 2.45) is 0 Å². The van der Waals surface area contributed by atoms with Crippen LogP contribution < -0.4 is 4.90 Å². The molecule has 0 aliphatic rings. The van der Waals surface area contributed by atoms with E-state index in [4.69, 9.17) is 0 Å². The minimum absolute atomic E-state index is 0.123. The molecule has 1 aromatic carbocycles. The van der Waals surface area contributed by atoms with Crippen LogP contribution in [0.15, 0.2) is 18.2 Å². The topological polar surface area (TPSA) is 83.7 Å². The smallest absolute Gasteiger partial charge is 0.277 e. The van der Waals surface area contributed by atoms with E-state index in [0.29, 0.717) is 5.69 Å². The molecule has 0 radical (unpaired) electrons. The first-order valence-electron chi connectivity index (χ1n) is 5.46. The lowest BCUT2D eigenvalue weighted by Gasteiger charge is -2.15. The normalized spacial score (nSPS) is 12.0. The van der Waals surface area contributed by atoms with Crippen molar-refractivity contribution >= 4 is 17.2 Å². The van der Waals surface area contributed by atoms with Gasteiger partial charge in [0, 0.05) is 32.3 Å². The molecule has 6 heteroatoms. The molecule has 0 fully saturated rings. The maximum Gasteiger partial charge on any atom is 0.277 e. The molecule has 1 rings (SSSR count). The van der Waals surface area contributed by atoms with Crippen molar-refractivity contribution in [1.29, 1.82) is 0 Å². The van der Waals surface area contributed by atoms with Gasteiger partial charge in [0.2, 0.25) is 0 Å². The Bertz CT molecular complexity index is 471. The number of carbonyl (C=O) groups excluding carboxylic acids is 1. The van der Waals surface area contributed by atoms with E-state index in [1.54, 1.807) is 25.1 Å². The van der Waals surface area contributed by atoms with Crippen molar-refractivity contribution in [2.75, 3.05) is 19.0 Å². The third-order valence-electron chi connectivity index (χ3n) is 2.57. The Hall–Kier alpha value is -1.95. The van der Waals surface area contributed by atoms with Crippen LogP contribution in [0.4, 0.5) is 11.4 Å². The molecular formula is C12H16N2O4. The lowest BCUT2D eigenvalue weighted by molar-refractivity contribution is -0.386. The number of hydrogen-bond donors (Lipinski definition) is 1. The highest BCUT2D eigenvalue weighted by molar-refractivity contribution is 5.76. The number of carbonyl (C=O) groups is 1. The molecule has 0 aliphatic carbocycles. The lowest BCUT2D eigenvalue weighted by atomic mass is 10.0. The van der Waals surface area contributed by atoms with Crippen LogP contribution in [0.3, 0.4) is 0 Å². The van der Waals surface area contributed by atoms with E-state index in [2.05, 4.69) is 0 Å². The maximum absolute atomic E-state index is 11.0. The fourth-order valence-electron chi connectivity index (χ4n) is 1.63. The van der Waals surface area contributed by atoms with E-state index in [0.717, 1.165) is 0 Å². The summed E-state index contributed by atoms with van der Waals surface area (Å²) in [6, 6.07) is 4.55. The van der Waals surface area contributed by atoms with E-state index >= 15 is 0 Å². The number of nitro groups is 1. The predicted molar refractivity (Wildman–Crippen MR) is 67.7 cm³/mol. The zero-order chi connectivity index (χ0) is 13.9. The van der Waals surface area contributed by atoms with Gasteiger partial charge in [-0.05, 0) is 19.1 Å². The number of nitro benzene ring substituents is 1. The molecular weight excluding hydrogens is 236 g/mol. The van der Waals surface area contributed by atoms with Gasteiger partial charge in [-0.2, -0.15) is 0 Å². The number of Topliss-reactive ketones (excluding diaryl/α,β-unsaturated/α-hetero) is 1. The van der Waals surface area contributed by atoms with Gasteiger partial charge in [0.1, 0.15) is 5.78 Å². The molecule has 0 aliphatic heterocycles. The minimum Gasteiger partial charge on any atom is -0.388 e. The third-order valence-corrected chi connectivity index (χ3v) is 2.57. The maximum atomic E-state index is 11.0. The summed E-state index contributed by atoms with van der Waals surface area (Å²) in [6.45, 7) is 1.34. The lowest BCUT2D eigenvalue weighted by Crippen LogP contribution is -2.11. The van der Waals surface area contributed by atoms with Gasteiger partial charge in [-0.1, -0.05) is 0 Å². The minimum atomic E-state index is -1.14. The van der Waals surface area contributed by atoms with Gasteiger partial charge in [-0.3, -0.25) is 14.9 Å². The van der Waals surface area contributed by atoms with Crippen molar-refractivity contribution in [3.8, 4) is 0 Å². The fourth-order valence-corrected chi connectivity index (χ4v) is 1.63. The second kappa shape index (κ2) is 5.59. The highest BCUT2D eigenvalue weighted by Crippen LogP contribution is 2.30. The van der Waals surface area contributed by atoms with E-state index in [1.165, 1.54) is 19.1 Å². The monoisotopic (exact) mass is 252 g/mol. The summed E-state index contributed by atoms with van der Waals surface area (Å²) in [5.41, 5.74) is 0.663. The van der Waals surface area contributed by atoms with Gasteiger partial charge in [0.25, 0.3) is 5.69 Å². The molecule has 1 atom stereocenters. The summed E-state index contributed by atoms with van der Waals surface area (Å²) in [6.07, 6.45) is -1.26. The molecule has 0 amide bonds. The van der Waals surface area contributed by atoms with Crippen molar-refractivity contribution in [3.63, 3.8) is 0 Å². The van der Waals surface area contributed by atoms with Crippen LogP contribution in [0.5, 0.6) is 0 Å². The number of hydrogen-bond acceptors (Lipinski definition) is 5. The average molecular weight is 252 g/mol. The highest BCUT2D eigenvalue weighted by atomic mass is 16.6. The number of benzene rings is 1. The largest absolute Gasteiger partial charge is 0.388 e. The van der Waals surface area contributed by atoms with Crippen LogP contribution in [-0.2, 0) is 4.79 Å². The third kappa shape index (κ3) is 3.27. The number of ketones is 1. The first kappa shape index (κ1) is 14.1. The molecule has 1 N–H and O–H groups in total. The van der Waals surface area contributed by atoms with Crippen LogP contribution in [0.25, 0.3) is 0 Å². The SMILES string of the molecule is CC(=O)C[C@@H](O)c1ccc(N(C)C)cc1[N+](=O)[O-]. The predicted octanol–water partition coefficient (Wildman–Crippen LogP) is 1.67. The average Bonchev–Trinajstić information content (AvgIpc) is 2.26. The van der Waals surface area contributed by atoms with Crippen molar-refractivity contribution < 1.29 is 14.8 Å². The summed E-state index contributed by atoms with van der Waals surface area (Å²) in [7, 11) is 3.54. The molecule has 6 nitrogen and oxygen atoms in total. The molecule has 0 unspecified atom stereocenters. The molecule has 0 aromatic heterocycles. The van der Waals surface area contributed by atoms with Gasteiger partial charge in [-0.25, -0.2) is 0 Å². The Morgan fingerprint density at radius 3 is 2.56 bits per heavy atom. The first-order valence-corrected chi connectivity index (χ1v) is 5.46. The quantitative estimate of drug-likeness (QED) is 0.636. The van der Waals surface area contributed by atoms with Gasteiger partial charge in [0.05, 0.1) is 16.6 Å². The van der Waals surface area contributed by atoms with E-state index in [9.17, 15) is 20.0 Å². The summed E-state index contributed by atoms with van der Waals surface area (Å²) < 4.78 is 0. The summed E-state index contributed by atoms with van der Waals surface area (Å²) in [4.78, 5) is 23.1. The summed E-state index contributed by atoms with van der Waals surface area (Å²) in [5.74, 6) is -0.214.